The Hall–Kier alpha value is -2.02. The summed E-state index contributed by atoms with van der Waals surface area (Å²) in [6.07, 6.45) is 1.63. The van der Waals surface area contributed by atoms with Crippen molar-refractivity contribution in [3.05, 3.63) is 35.9 Å². The Balaban J connectivity index is 1.77. The molecule has 7 heteroatoms. The molecule has 2 fully saturated rings. The number of ether oxygens (including phenoxy) is 1. The second-order valence-corrected chi connectivity index (χ2v) is 8.04. The predicted octanol–water partition coefficient (Wildman–Crippen LogP) is 3.56. The van der Waals surface area contributed by atoms with Crippen LogP contribution in [0.3, 0.4) is 0 Å². The van der Waals surface area contributed by atoms with Crippen LogP contribution in [0.5, 0.6) is 0 Å². The van der Waals surface area contributed by atoms with E-state index in [2.05, 4.69) is 0 Å². The van der Waals surface area contributed by atoms with Crippen molar-refractivity contribution >= 4 is 12.3 Å². The van der Waals surface area contributed by atoms with Gasteiger partial charge >= 0.3 is 5.97 Å². The Morgan fingerprint density at radius 3 is 2.50 bits per heavy atom. The average Bonchev–Trinajstić information content (AvgIpc) is 3.08. The summed E-state index contributed by atoms with van der Waals surface area (Å²) in [6, 6.07) is 8.28. The van der Waals surface area contributed by atoms with Crippen LogP contribution in [0.1, 0.15) is 44.6 Å². The third-order valence-electron chi connectivity index (χ3n) is 6.23. The van der Waals surface area contributed by atoms with E-state index in [9.17, 15) is 18.7 Å². The summed E-state index contributed by atoms with van der Waals surface area (Å²) in [5.74, 6) is -4.49. The van der Waals surface area contributed by atoms with E-state index in [1.807, 2.05) is 4.90 Å². The number of hydrogen-bond acceptors (Lipinski definition) is 4. The summed E-state index contributed by atoms with van der Waals surface area (Å²) >= 11 is 0. The third kappa shape index (κ3) is 4.19. The number of hydrogen-bond donors (Lipinski definition) is 2. The number of rotatable bonds is 6. The number of nitrogens with one attached hydrogen (secondary N) is 1. The van der Waals surface area contributed by atoms with Crippen LogP contribution < -0.4 is 0 Å². The average molecular weight is 394 g/mol. The van der Waals surface area contributed by atoms with Crippen molar-refractivity contribution in [3.63, 3.8) is 0 Å². The number of piperidine rings is 1. The number of esters is 1. The van der Waals surface area contributed by atoms with Gasteiger partial charge in [0.2, 0.25) is 5.92 Å². The van der Waals surface area contributed by atoms with Gasteiger partial charge in [0.05, 0.1) is 6.34 Å². The molecule has 0 radical (unpaired) electrons. The first-order chi connectivity index (χ1) is 13.3. The van der Waals surface area contributed by atoms with E-state index in [4.69, 9.17) is 10.1 Å². The maximum Gasteiger partial charge on any atom is 0.343 e. The lowest BCUT2D eigenvalue weighted by molar-refractivity contribution is -0.182. The number of halogens is 2. The highest BCUT2D eigenvalue weighted by atomic mass is 19.3. The van der Waals surface area contributed by atoms with Gasteiger partial charge in [0.25, 0.3) is 0 Å². The van der Waals surface area contributed by atoms with Crippen molar-refractivity contribution in [2.75, 3.05) is 13.1 Å². The molecule has 1 aliphatic carbocycles. The molecule has 0 bridgehead atoms. The Kier molecular flexibility index (Phi) is 6.03. The minimum absolute atomic E-state index is 0.0690. The quantitative estimate of drug-likeness (QED) is 0.440. The molecule has 1 aromatic carbocycles. The van der Waals surface area contributed by atoms with Crippen molar-refractivity contribution in [1.29, 1.82) is 5.41 Å². The van der Waals surface area contributed by atoms with Crippen molar-refractivity contribution < 1.29 is 23.4 Å². The first-order valence-corrected chi connectivity index (χ1v) is 9.87. The van der Waals surface area contributed by atoms with Crippen LogP contribution >= 0.6 is 0 Å². The molecule has 1 heterocycles. The Labute approximate surface area is 164 Å². The second-order valence-electron chi connectivity index (χ2n) is 8.04. The lowest BCUT2D eigenvalue weighted by Crippen LogP contribution is -2.46. The van der Waals surface area contributed by atoms with Crippen LogP contribution in [0.15, 0.2) is 30.3 Å². The summed E-state index contributed by atoms with van der Waals surface area (Å²) in [6.45, 7) is 3.22. The Morgan fingerprint density at radius 1 is 1.32 bits per heavy atom. The normalized spacial score (nSPS) is 25.7. The molecule has 154 valence electrons. The topological polar surface area (TPSA) is 73.6 Å². The smallest absolute Gasteiger partial charge is 0.343 e. The molecule has 0 amide bonds. The number of benzene rings is 1. The predicted molar refractivity (Wildman–Crippen MR) is 101 cm³/mol. The SMILES string of the molecule is CC(OC(=O)C(O)(c1ccccc1)C1CCC(F)(F)C1)C1CCN(C=N)CC1. The zero-order valence-corrected chi connectivity index (χ0v) is 16.1. The van der Waals surface area contributed by atoms with E-state index >= 15 is 0 Å². The van der Waals surface area contributed by atoms with Crippen LogP contribution in [0.2, 0.25) is 0 Å². The number of aliphatic hydroxyl groups is 1. The van der Waals surface area contributed by atoms with E-state index in [1.54, 1.807) is 37.3 Å². The fraction of sp³-hybridized carbons (Fsp3) is 0.619. The minimum atomic E-state index is -2.88. The molecule has 1 aromatic rings. The van der Waals surface area contributed by atoms with Crippen molar-refractivity contribution in [3.8, 4) is 0 Å². The molecule has 5 nitrogen and oxygen atoms in total. The van der Waals surface area contributed by atoms with Crippen LogP contribution in [0, 0.1) is 17.2 Å². The van der Waals surface area contributed by atoms with Crippen molar-refractivity contribution in [2.45, 2.75) is 56.7 Å². The summed E-state index contributed by atoms with van der Waals surface area (Å²) < 4.78 is 33.3. The van der Waals surface area contributed by atoms with Crippen LogP contribution in [0.25, 0.3) is 0 Å². The lowest BCUT2D eigenvalue weighted by Gasteiger charge is -2.36. The van der Waals surface area contributed by atoms with Crippen LogP contribution in [-0.4, -0.2) is 47.4 Å². The fourth-order valence-corrected chi connectivity index (χ4v) is 4.39. The van der Waals surface area contributed by atoms with Gasteiger partial charge in [0, 0.05) is 31.8 Å². The van der Waals surface area contributed by atoms with Gasteiger partial charge in [-0.3, -0.25) is 5.41 Å². The van der Waals surface area contributed by atoms with Crippen molar-refractivity contribution in [2.24, 2.45) is 11.8 Å². The second kappa shape index (κ2) is 8.15. The van der Waals surface area contributed by atoms with E-state index in [0.29, 0.717) is 18.7 Å². The highest BCUT2D eigenvalue weighted by molar-refractivity contribution is 5.81. The van der Waals surface area contributed by atoms with E-state index < -0.39 is 35.9 Å². The highest BCUT2D eigenvalue weighted by Gasteiger charge is 2.54. The first kappa shape index (κ1) is 20.7. The molecule has 2 aliphatic rings. The molecule has 1 saturated carbocycles. The van der Waals surface area contributed by atoms with Gasteiger partial charge in [-0.1, -0.05) is 30.3 Å². The van der Waals surface area contributed by atoms with E-state index in [0.717, 1.165) is 12.8 Å². The maximum absolute atomic E-state index is 13.8. The molecule has 28 heavy (non-hydrogen) atoms. The highest BCUT2D eigenvalue weighted by Crippen LogP contribution is 2.48. The molecule has 2 N–H and O–H groups in total. The summed E-state index contributed by atoms with van der Waals surface area (Å²) in [5.41, 5.74) is -1.78. The largest absolute Gasteiger partial charge is 0.460 e. The molecule has 0 aromatic heterocycles. The summed E-state index contributed by atoms with van der Waals surface area (Å²) in [4.78, 5) is 15.0. The van der Waals surface area contributed by atoms with Gasteiger partial charge in [-0.15, -0.1) is 0 Å². The fourth-order valence-electron chi connectivity index (χ4n) is 4.39. The molecule has 3 rings (SSSR count). The van der Waals surface area contributed by atoms with Gasteiger partial charge in [0.1, 0.15) is 6.10 Å². The van der Waals surface area contributed by atoms with Gasteiger partial charge in [0.15, 0.2) is 5.60 Å². The monoisotopic (exact) mass is 394 g/mol. The molecule has 1 aliphatic heterocycles. The number of nitrogens with zero attached hydrogens (tertiary/aromatic N) is 1. The van der Waals surface area contributed by atoms with E-state index in [-0.39, 0.29) is 18.8 Å². The lowest BCUT2D eigenvalue weighted by atomic mass is 9.80. The van der Waals surface area contributed by atoms with Gasteiger partial charge in [-0.05, 0) is 37.7 Å². The molecular weight excluding hydrogens is 366 g/mol. The van der Waals surface area contributed by atoms with Crippen LogP contribution in [-0.2, 0) is 15.1 Å². The standard InChI is InChI=1S/C21H28F2N2O3/c1-15(16-8-11-25(14-24)12-9-16)28-19(26)21(27,17-5-3-2-4-6-17)18-7-10-20(22,23)13-18/h2-6,14-16,18,24,27H,7-13H2,1H3. The van der Waals surface area contributed by atoms with E-state index in [1.165, 1.54) is 6.34 Å². The molecule has 1 saturated heterocycles. The number of carbonyl (C=O) groups is 1. The number of carbonyl (C=O) groups excluding carboxylic acids is 1. The van der Waals surface area contributed by atoms with Gasteiger partial charge in [-0.2, -0.15) is 0 Å². The number of alkyl halides is 2. The minimum Gasteiger partial charge on any atom is -0.460 e. The van der Waals surface area contributed by atoms with Gasteiger partial charge in [-0.25, -0.2) is 13.6 Å². The first-order valence-electron chi connectivity index (χ1n) is 9.87. The van der Waals surface area contributed by atoms with Crippen molar-refractivity contribution in [1.82, 2.24) is 4.90 Å². The maximum atomic E-state index is 13.8. The number of likely N-dealkylation sites (tertiary alicyclic amines) is 1. The zero-order chi connectivity index (χ0) is 20.4. The Bertz CT molecular complexity index is 692. The summed E-state index contributed by atoms with van der Waals surface area (Å²) in [5, 5.41) is 18.7. The van der Waals surface area contributed by atoms with Gasteiger partial charge < -0.3 is 14.7 Å². The molecule has 0 spiro atoms. The molecular formula is C21H28F2N2O3. The Morgan fingerprint density at radius 2 is 1.96 bits per heavy atom. The molecule has 3 unspecified atom stereocenters. The van der Waals surface area contributed by atoms with Crippen LogP contribution in [0.4, 0.5) is 8.78 Å². The zero-order valence-electron chi connectivity index (χ0n) is 16.1. The molecule has 3 atom stereocenters. The third-order valence-corrected chi connectivity index (χ3v) is 6.23. The summed E-state index contributed by atoms with van der Waals surface area (Å²) in [7, 11) is 0.